The van der Waals surface area contributed by atoms with E-state index in [4.69, 9.17) is 4.74 Å². The highest BCUT2D eigenvalue weighted by atomic mass is 19.1. The Morgan fingerprint density at radius 2 is 1.96 bits per heavy atom. The van der Waals surface area contributed by atoms with Crippen molar-refractivity contribution in [3.63, 3.8) is 0 Å². The summed E-state index contributed by atoms with van der Waals surface area (Å²) in [6.45, 7) is 4.03. The van der Waals surface area contributed by atoms with Crippen molar-refractivity contribution in [2.75, 3.05) is 6.54 Å². The fraction of sp³-hybridized carbons (Fsp3) is 0.435. The van der Waals surface area contributed by atoms with Gasteiger partial charge in [0.2, 0.25) is 0 Å². The topological polar surface area (TPSA) is 49.8 Å². The fourth-order valence-corrected chi connectivity index (χ4v) is 4.09. The van der Waals surface area contributed by atoms with Gasteiger partial charge in [0, 0.05) is 18.7 Å². The predicted octanol–water partition coefficient (Wildman–Crippen LogP) is 4.83. The van der Waals surface area contributed by atoms with Crippen LogP contribution in [0, 0.1) is 5.82 Å². The summed E-state index contributed by atoms with van der Waals surface area (Å²) in [4.78, 5) is 13.7. The molecule has 2 atom stereocenters. The molecule has 1 aliphatic heterocycles. The number of carbonyl (C=O) groups is 1. The van der Waals surface area contributed by atoms with Crippen LogP contribution in [0.15, 0.2) is 42.5 Å². The van der Waals surface area contributed by atoms with E-state index in [1.807, 2.05) is 18.2 Å². The van der Waals surface area contributed by atoms with Gasteiger partial charge in [0.05, 0.1) is 5.56 Å². The first-order valence-electron chi connectivity index (χ1n) is 10.0. The van der Waals surface area contributed by atoms with E-state index in [2.05, 4.69) is 24.0 Å². The zero-order chi connectivity index (χ0) is 19.7. The molecule has 148 valence electrons. The zero-order valence-corrected chi connectivity index (χ0v) is 16.1. The summed E-state index contributed by atoms with van der Waals surface area (Å²) in [7, 11) is 0. The molecule has 2 aliphatic rings. The number of nitrogens with zero attached hydrogens (tertiary/aromatic N) is 1. The molecule has 4 nitrogen and oxygen atoms in total. The largest absolute Gasteiger partial charge is 0.488 e. The van der Waals surface area contributed by atoms with Crippen LogP contribution in [0.3, 0.4) is 0 Å². The average Bonchev–Trinajstić information content (AvgIpc) is 3.51. The lowest BCUT2D eigenvalue weighted by molar-refractivity contribution is 0.0307. The maximum atomic E-state index is 14.3. The molecule has 28 heavy (non-hydrogen) atoms. The molecule has 4 rings (SSSR count). The number of hydrogen-bond donors (Lipinski definition) is 1. The van der Waals surface area contributed by atoms with E-state index in [1.54, 1.807) is 0 Å². The minimum atomic E-state index is -1.23. The number of ether oxygens (including phenoxy) is 1. The Kier molecular flexibility index (Phi) is 5.36. The van der Waals surface area contributed by atoms with E-state index >= 15 is 0 Å². The number of carboxylic acids is 1. The summed E-state index contributed by atoms with van der Waals surface area (Å²) in [5.41, 5.74) is 1.84. The van der Waals surface area contributed by atoms with Crippen molar-refractivity contribution in [1.29, 1.82) is 0 Å². The number of likely N-dealkylation sites (tertiary alicyclic amines) is 1. The molecule has 0 aromatic heterocycles. The second-order valence-electron chi connectivity index (χ2n) is 7.94. The molecule has 2 aromatic rings. The molecule has 1 saturated heterocycles. The molecule has 0 unspecified atom stereocenters. The van der Waals surface area contributed by atoms with Crippen LogP contribution in [0.4, 0.5) is 4.39 Å². The van der Waals surface area contributed by atoms with Gasteiger partial charge in [0.25, 0.3) is 0 Å². The second-order valence-corrected chi connectivity index (χ2v) is 7.94. The van der Waals surface area contributed by atoms with Gasteiger partial charge in [0.15, 0.2) is 0 Å². The molecule has 2 aromatic carbocycles. The Labute approximate surface area is 164 Å². The lowest BCUT2D eigenvalue weighted by Gasteiger charge is -2.39. The van der Waals surface area contributed by atoms with Crippen molar-refractivity contribution >= 4 is 5.97 Å². The Hall–Kier alpha value is -2.40. The Balaban J connectivity index is 1.53. The van der Waals surface area contributed by atoms with Crippen LogP contribution in [0.25, 0.3) is 0 Å². The number of halogens is 1. The molecule has 0 bridgehead atoms. The first-order valence-corrected chi connectivity index (χ1v) is 10.0. The third kappa shape index (κ3) is 4.04. The van der Waals surface area contributed by atoms with Gasteiger partial charge in [-0.05, 0) is 62.3 Å². The molecule has 1 heterocycles. The molecule has 1 saturated carbocycles. The number of aromatic carboxylic acids is 1. The highest BCUT2D eigenvalue weighted by Gasteiger charge is 2.33. The molecule has 2 fully saturated rings. The number of hydrogen-bond acceptors (Lipinski definition) is 3. The molecule has 0 radical (unpaired) electrons. The summed E-state index contributed by atoms with van der Waals surface area (Å²) < 4.78 is 20.6. The van der Waals surface area contributed by atoms with Gasteiger partial charge in [0.1, 0.15) is 17.7 Å². The van der Waals surface area contributed by atoms with Gasteiger partial charge in [-0.1, -0.05) is 30.3 Å². The van der Waals surface area contributed by atoms with Gasteiger partial charge in [-0.25, -0.2) is 9.18 Å². The Bertz CT molecular complexity index is 850. The third-order valence-electron chi connectivity index (χ3n) is 5.90. The van der Waals surface area contributed by atoms with E-state index in [1.165, 1.54) is 17.7 Å². The molecule has 5 heteroatoms. The molecule has 1 N–H and O–H groups in total. The third-order valence-corrected chi connectivity index (χ3v) is 5.90. The summed E-state index contributed by atoms with van der Waals surface area (Å²) in [6, 6.07) is 13.3. The van der Waals surface area contributed by atoms with Crippen molar-refractivity contribution in [1.82, 2.24) is 4.90 Å². The first kappa shape index (κ1) is 18.9. The highest BCUT2D eigenvalue weighted by Crippen LogP contribution is 2.45. The van der Waals surface area contributed by atoms with E-state index < -0.39 is 11.8 Å². The summed E-state index contributed by atoms with van der Waals surface area (Å²) >= 11 is 0. The van der Waals surface area contributed by atoms with Crippen LogP contribution >= 0.6 is 0 Å². The predicted molar refractivity (Wildman–Crippen MR) is 105 cm³/mol. The lowest BCUT2D eigenvalue weighted by Crippen LogP contribution is -2.48. The molecular weight excluding hydrogens is 357 g/mol. The Morgan fingerprint density at radius 1 is 1.21 bits per heavy atom. The van der Waals surface area contributed by atoms with E-state index in [0.29, 0.717) is 5.75 Å². The number of benzene rings is 2. The van der Waals surface area contributed by atoms with E-state index in [0.717, 1.165) is 44.3 Å². The van der Waals surface area contributed by atoms with Crippen LogP contribution < -0.4 is 4.74 Å². The average molecular weight is 383 g/mol. The van der Waals surface area contributed by atoms with Gasteiger partial charge in [-0.2, -0.15) is 0 Å². The second kappa shape index (κ2) is 7.92. The maximum Gasteiger partial charge on any atom is 0.338 e. The summed E-state index contributed by atoms with van der Waals surface area (Å²) in [5, 5.41) is 9.23. The molecular formula is C23H26FNO3. The van der Waals surface area contributed by atoms with Crippen LogP contribution in [0.2, 0.25) is 0 Å². The zero-order valence-electron chi connectivity index (χ0n) is 16.1. The molecule has 1 aliphatic carbocycles. The van der Waals surface area contributed by atoms with E-state index in [-0.39, 0.29) is 23.6 Å². The maximum absolute atomic E-state index is 14.3. The van der Waals surface area contributed by atoms with Gasteiger partial charge < -0.3 is 9.84 Å². The van der Waals surface area contributed by atoms with Crippen molar-refractivity contribution < 1.29 is 19.0 Å². The number of rotatable bonds is 6. The van der Waals surface area contributed by atoms with Crippen LogP contribution in [-0.2, 0) is 6.54 Å². The summed E-state index contributed by atoms with van der Waals surface area (Å²) in [5.74, 6) is -1.15. The van der Waals surface area contributed by atoms with Gasteiger partial charge in [-0.3, -0.25) is 4.90 Å². The fourth-order valence-electron chi connectivity index (χ4n) is 4.09. The van der Waals surface area contributed by atoms with E-state index in [9.17, 15) is 14.3 Å². The minimum absolute atomic E-state index is 0.0370. The van der Waals surface area contributed by atoms with Crippen molar-refractivity contribution in [2.45, 2.75) is 57.2 Å². The van der Waals surface area contributed by atoms with Crippen molar-refractivity contribution in [3.8, 4) is 5.75 Å². The lowest BCUT2D eigenvalue weighted by atomic mass is 9.98. The standard InChI is InChI=1S/C23H26FNO3/c1-15-21(8-5-11-25(15)14-16-6-3-2-4-7-16)28-22-13-20(24)19(23(26)27)12-18(22)17-9-10-17/h2-4,6-7,12-13,15,17,21H,5,8-11,14H2,1H3,(H,26,27)/t15-,21-/m0/s1. The smallest absolute Gasteiger partial charge is 0.338 e. The number of piperidine rings is 1. The van der Waals surface area contributed by atoms with Crippen molar-refractivity contribution in [3.05, 3.63) is 65.0 Å². The van der Waals surface area contributed by atoms with Crippen LogP contribution in [-0.4, -0.2) is 34.7 Å². The highest BCUT2D eigenvalue weighted by molar-refractivity contribution is 5.88. The SMILES string of the molecule is C[C@H]1[C@@H](Oc2cc(F)c(C(=O)O)cc2C2CC2)CCCN1Cc1ccccc1. The molecule has 0 spiro atoms. The number of carboxylic acid groups (broad SMARTS) is 1. The van der Waals surface area contributed by atoms with Crippen LogP contribution in [0.5, 0.6) is 5.75 Å². The van der Waals surface area contributed by atoms with Crippen molar-refractivity contribution in [2.24, 2.45) is 0 Å². The molecule has 0 amide bonds. The van der Waals surface area contributed by atoms with Gasteiger partial charge >= 0.3 is 5.97 Å². The quantitative estimate of drug-likeness (QED) is 0.776. The normalized spacial score (nSPS) is 22.8. The monoisotopic (exact) mass is 383 g/mol. The summed E-state index contributed by atoms with van der Waals surface area (Å²) in [6.07, 6.45) is 3.91. The van der Waals surface area contributed by atoms with Crippen LogP contribution in [0.1, 0.15) is 60.0 Å². The Morgan fingerprint density at radius 3 is 2.64 bits per heavy atom. The first-order chi connectivity index (χ1) is 13.5. The minimum Gasteiger partial charge on any atom is -0.488 e. The van der Waals surface area contributed by atoms with Gasteiger partial charge in [-0.15, -0.1) is 0 Å².